The second-order valence-electron chi connectivity index (χ2n) is 10.3. The van der Waals surface area contributed by atoms with Crippen molar-refractivity contribution in [3.8, 4) is 0 Å². The minimum Gasteiger partial charge on any atom is -0.282 e. The van der Waals surface area contributed by atoms with Crippen LogP contribution in [0.2, 0.25) is 0 Å². The molecule has 3 heteroatoms. The van der Waals surface area contributed by atoms with Gasteiger partial charge in [0.05, 0.1) is 0 Å². The first-order chi connectivity index (χ1) is 9.44. The van der Waals surface area contributed by atoms with Crippen molar-refractivity contribution >= 4 is 18.0 Å². The van der Waals surface area contributed by atoms with Gasteiger partial charge in [-0.25, -0.2) is 0 Å². The van der Waals surface area contributed by atoms with E-state index in [1.165, 1.54) is 38.5 Å². The molecular formula is C18H34NPS. The highest BCUT2D eigenvalue weighted by Gasteiger charge is 2.54. The number of hydrogen-bond acceptors (Lipinski definition) is 1. The van der Waals surface area contributed by atoms with E-state index in [2.05, 4.69) is 46.6 Å². The van der Waals surface area contributed by atoms with Crippen LogP contribution in [0, 0.1) is 17.8 Å². The van der Waals surface area contributed by atoms with Crippen molar-refractivity contribution in [2.75, 3.05) is 0 Å². The molecule has 0 amide bonds. The van der Waals surface area contributed by atoms with Gasteiger partial charge in [0.25, 0.3) is 0 Å². The summed E-state index contributed by atoms with van der Waals surface area (Å²) in [5, 5.41) is 4.64. The van der Waals surface area contributed by atoms with Crippen LogP contribution in [0.15, 0.2) is 0 Å². The first-order valence-corrected chi connectivity index (χ1v) is 11.6. The van der Waals surface area contributed by atoms with E-state index in [-0.39, 0.29) is 10.3 Å². The summed E-state index contributed by atoms with van der Waals surface area (Å²) in [7, 11) is 0. The fourth-order valence-corrected chi connectivity index (χ4v) is 10.1. The van der Waals surface area contributed by atoms with E-state index < -0.39 is 6.19 Å². The molecule has 1 nitrogen and oxygen atoms in total. The Morgan fingerprint density at radius 3 is 1.43 bits per heavy atom. The molecule has 0 atom stereocenters. The van der Waals surface area contributed by atoms with Gasteiger partial charge in [0.15, 0.2) is 0 Å². The average Bonchev–Trinajstić information content (AvgIpc) is 2.22. The molecule has 4 aliphatic carbocycles. The lowest BCUT2D eigenvalue weighted by Crippen LogP contribution is -2.59. The fourth-order valence-electron chi connectivity index (χ4n) is 5.92. The summed E-state index contributed by atoms with van der Waals surface area (Å²) in [4.78, 5) is 0. The van der Waals surface area contributed by atoms with E-state index in [0.717, 1.165) is 17.8 Å². The molecule has 4 rings (SSSR count). The number of rotatable bonds is 2. The highest BCUT2D eigenvalue weighted by atomic mass is 32.4. The third-order valence-corrected chi connectivity index (χ3v) is 14.5. The second kappa shape index (κ2) is 4.81. The lowest BCUT2D eigenvalue weighted by atomic mass is 9.53. The zero-order valence-electron chi connectivity index (χ0n) is 14.8. The van der Waals surface area contributed by atoms with Crippen molar-refractivity contribution in [1.82, 2.24) is 5.09 Å². The van der Waals surface area contributed by atoms with Crippen LogP contribution in [0.3, 0.4) is 0 Å². The van der Waals surface area contributed by atoms with Gasteiger partial charge < -0.3 is 0 Å². The summed E-state index contributed by atoms with van der Waals surface area (Å²) >= 11 is 6.41. The molecule has 4 saturated carbocycles. The Morgan fingerprint density at radius 2 is 1.14 bits per heavy atom. The predicted octanol–water partition coefficient (Wildman–Crippen LogP) is 5.54. The molecule has 0 saturated heterocycles. The molecule has 0 aromatic carbocycles. The maximum atomic E-state index is 6.41. The minimum absolute atomic E-state index is 0.198. The largest absolute Gasteiger partial charge is 0.282 e. The van der Waals surface area contributed by atoms with Gasteiger partial charge >= 0.3 is 0 Å². The van der Waals surface area contributed by atoms with Crippen LogP contribution in [0.4, 0.5) is 0 Å². The van der Waals surface area contributed by atoms with Crippen LogP contribution in [-0.2, 0) is 11.8 Å². The Bertz CT molecular complexity index is 415. The Kier molecular flexibility index (Phi) is 3.77. The topological polar surface area (TPSA) is 12.0 Å². The molecule has 0 aromatic heterocycles. The van der Waals surface area contributed by atoms with Gasteiger partial charge in [-0.15, -0.1) is 0 Å². The third-order valence-electron chi connectivity index (χ3n) is 6.32. The molecule has 0 unspecified atom stereocenters. The van der Waals surface area contributed by atoms with E-state index in [1.807, 2.05) is 0 Å². The maximum Gasteiger partial charge on any atom is 0.0232 e. The summed E-state index contributed by atoms with van der Waals surface area (Å²) in [6, 6.07) is 0. The van der Waals surface area contributed by atoms with E-state index in [1.54, 1.807) is 0 Å². The van der Waals surface area contributed by atoms with Crippen LogP contribution >= 0.6 is 6.19 Å². The van der Waals surface area contributed by atoms with Gasteiger partial charge in [-0.1, -0.05) is 53.3 Å². The van der Waals surface area contributed by atoms with Gasteiger partial charge in [0.1, 0.15) is 0 Å². The predicted molar refractivity (Wildman–Crippen MR) is 97.8 cm³/mol. The first-order valence-electron chi connectivity index (χ1n) is 8.84. The van der Waals surface area contributed by atoms with Crippen LogP contribution < -0.4 is 5.09 Å². The number of hydrogen-bond donors (Lipinski definition) is 1. The average molecular weight is 328 g/mol. The maximum absolute atomic E-state index is 6.41. The first kappa shape index (κ1) is 16.5. The summed E-state index contributed by atoms with van der Waals surface area (Å²) < 4.78 is 0. The summed E-state index contributed by atoms with van der Waals surface area (Å²) in [5.74, 6) is 2.98. The second-order valence-corrected chi connectivity index (χ2v) is 16.0. The Balaban J connectivity index is 1.92. The van der Waals surface area contributed by atoms with Gasteiger partial charge in [-0.3, -0.25) is 5.09 Å². The standard InChI is InChI=1S/C18H34NPS/c1-16(2,3)20(21,17(4,5)6)19-18-10-13-7-14(11-18)9-15(8-13)12-18/h13-15H,7-12H2,1-6H3,(H,19,21). The normalized spacial score (nSPS) is 39.8. The van der Waals surface area contributed by atoms with Gasteiger partial charge in [0, 0.05) is 22.0 Å². The molecule has 0 heterocycles. The van der Waals surface area contributed by atoms with E-state index in [9.17, 15) is 0 Å². The van der Waals surface area contributed by atoms with Crippen molar-refractivity contribution in [3.63, 3.8) is 0 Å². The van der Waals surface area contributed by atoms with Crippen LogP contribution in [0.25, 0.3) is 0 Å². The Labute approximate surface area is 137 Å². The van der Waals surface area contributed by atoms with Crippen LogP contribution in [0.1, 0.15) is 80.1 Å². The molecule has 1 N–H and O–H groups in total. The fraction of sp³-hybridized carbons (Fsp3) is 1.00. The smallest absolute Gasteiger partial charge is 0.0232 e. The molecule has 122 valence electrons. The van der Waals surface area contributed by atoms with Crippen LogP contribution in [-0.4, -0.2) is 15.9 Å². The van der Waals surface area contributed by atoms with Gasteiger partial charge in [-0.2, -0.15) is 0 Å². The lowest BCUT2D eigenvalue weighted by Gasteiger charge is -2.61. The molecule has 0 radical (unpaired) electrons. The summed E-state index contributed by atoms with van der Waals surface area (Å²) in [6.45, 7) is 14.2. The van der Waals surface area contributed by atoms with Crippen LogP contribution in [0.5, 0.6) is 0 Å². The molecule has 0 spiro atoms. The van der Waals surface area contributed by atoms with Crippen molar-refractivity contribution in [2.24, 2.45) is 17.8 Å². The molecular weight excluding hydrogens is 293 g/mol. The zero-order chi connectivity index (χ0) is 15.7. The van der Waals surface area contributed by atoms with Crippen molar-refractivity contribution in [3.05, 3.63) is 0 Å². The van der Waals surface area contributed by atoms with E-state index in [4.69, 9.17) is 11.8 Å². The van der Waals surface area contributed by atoms with Crippen molar-refractivity contribution < 1.29 is 0 Å². The molecule has 0 aliphatic heterocycles. The molecule has 21 heavy (non-hydrogen) atoms. The Hall–Kier alpha value is 0.610. The monoisotopic (exact) mass is 327 g/mol. The minimum atomic E-state index is -1.65. The summed E-state index contributed by atoms with van der Waals surface area (Å²) in [5.41, 5.74) is 0.394. The zero-order valence-corrected chi connectivity index (χ0v) is 16.5. The SMILES string of the molecule is CC(C)(C)P(=S)(NC12CC3CC(CC(C3)C1)C2)C(C)(C)C. The third kappa shape index (κ3) is 2.68. The van der Waals surface area contributed by atoms with E-state index >= 15 is 0 Å². The van der Waals surface area contributed by atoms with Gasteiger partial charge in [0.2, 0.25) is 0 Å². The quantitative estimate of drug-likeness (QED) is 0.669. The van der Waals surface area contributed by atoms with Gasteiger partial charge in [-0.05, 0) is 56.3 Å². The number of nitrogens with one attached hydrogen (secondary N) is 1. The molecule has 4 aliphatic rings. The molecule has 0 aromatic rings. The van der Waals surface area contributed by atoms with E-state index in [0.29, 0.717) is 5.54 Å². The highest BCUT2D eigenvalue weighted by Crippen LogP contribution is 2.68. The summed E-state index contributed by atoms with van der Waals surface area (Å²) in [6.07, 6.45) is 7.09. The van der Waals surface area contributed by atoms with Crippen molar-refractivity contribution in [2.45, 2.75) is 95.9 Å². The van der Waals surface area contributed by atoms with Crippen molar-refractivity contribution in [1.29, 1.82) is 0 Å². The Morgan fingerprint density at radius 1 is 0.810 bits per heavy atom. The highest BCUT2D eigenvalue weighted by molar-refractivity contribution is 8.15. The molecule has 4 fully saturated rings. The lowest BCUT2D eigenvalue weighted by molar-refractivity contribution is -0.00827. The molecule has 4 bridgehead atoms.